The Morgan fingerprint density at radius 1 is 1.38 bits per heavy atom. The Bertz CT molecular complexity index is 488. The zero-order valence-corrected chi connectivity index (χ0v) is 12.8. The lowest BCUT2D eigenvalue weighted by atomic mass is 9.97. The van der Waals surface area contributed by atoms with Crippen LogP contribution >= 0.6 is 0 Å². The molecule has 2 rings (SSSR count). The molecule has 0 radical (unpaired) electrons. The summed E-state index contributed by atoms with van der Waals surface area (Å²) in [4.78, 5) is 2.16. The summed E-state index contributed by atoms with van der Waals surface area (Å²) in [5, 5.41) is 10.3. The van der Waals surface area contributed by atoms with Crippen LogP contribution < -0.4 is 0 Å². The highest BCUT2D eigenvalue weighted by Gasteiger charge is 2.37. The molecule has 0 amide bonds. The third-order valence-corrected chi connectivity index (χ3v) is 4.22. The summed E-state index contributed by atoms with van der Waals surface area (Å²) in [7, 11) is 1.61. The summed E-state index contributed by atoms with van der Waals surface area (Å²) in [5.41, 5.74) is -0.0674. The molecule has 1 aliphatic heterocycles. The molecule has 1 fully saturated rings. The second-order valence-corrected chi connectivity index (χ2v) is 6.28. The monoisotopic (exact) mass is 299 g/mol. The Labute approximate surface area is 124 Å². The van der Waals surface area contributed by atoms with Crippen molar-refractivity contribution < 1.29 is 18.6 Å². The van der Waals surface area contributed by atoms with Gasteiger partial charge in [0.25, 0.3) is 0 Å². The van der Waals surface area contributed by atoms with Gasteiger partial charge in [-0.15, -0.1) is 0 Å². The molecule has 0 aromatic heterocycles. The molecule has 0 aliphatic carbocycles. The first-order valence-corrected chi connectivity index (χ1v) is 7.23. The molecule has 1 aromatic carbocycles. The van der Waals surface area contributed by atoms with Gasteiger partial charge >= 0.3 is 0 Å². The average Bonchev–Trinajstić information content (AvgIpc) is 2.87. The molecule has 0 spiro atoms. The van der Waals surface area contributed by atoms with Gasteiger partial charge < -0.3 is 9.84 Å². The Hall–Kier alpha value is -1.04. The lowest BCUT2D eigenvalue weighted by Crippen LogP contribution is -2.51. The third-order valence-electron chi connectivity index (χ3n) is 4.22. The smallest absolute Gasteiger partial charge is 0.159 e. The van der Waals surface area contributed by atoms with Crippen LogP contribution in [0.5, 0.6) is 0 Å². The lowest BCUT2D eigenvalue weighted by molar-refractivity contribution is -0.0437. The normalized spacial score (nSPS) is 21.7. The minimum absolute atomic E-state index is 0.113. The van der Waals surface area contributed by atoms with E-state index >= 15 is 0 Å². The van der Waals surface area contributed by atoms with Gasteiger partial charge in [0.05, 0.1) is 18.2 Å². The molecule has 118 valence electrons. The van der Waals surface area contributed by atoms with Gasteiger partial charge in [0.2, 0.25) is 0 Å². The van der Waals surface area contributed by atoms with Crippen molar-refractivity contribution in [3.8, 4) is 0 Å². The lowest BCUT2D eigenvalue weighted by Gasteiger charge is -2.36. The number of halogens is 2. The van der Waals surface area contributed by atoms with Crippen LogP contribution in [-0.2, 0) is 4.74 Å². The molecular weight excluding hydrogens is 276 g/mol. The number of rotatable bonds is 5. The summed E-state index contributed by atoms with van der Waals surface area (Å²) >= 11 is 0. The molecule has 1 N–H and O–H groups in total. The van der Waals surface area contributed by atoms with Crippen molar-refractivity contribution in [3.63, 3.8) is 0 Å². The van der Waals surface area contributed by atoms with E-state index in [9.17, 15) is 13.9 Å². The van der Waals surface area contributed by atoms with Crippen molar-refractivity contribution in [2.45, 2.75) is 37.8 Å². The van der Waals surface area contributed by atoms with E-state index in [2.05, 4.69) is 4.90 Å². The molecule has 2 atom stereocenters. The number of benzene rings is 1. The van der Waals surface area contributed by atoms with E-state index < -0.39 is 17.2 Å². The van der Waals surface area contributed by atoms with Gasteiger partial charge in [-0.1, -0.05) is 6.07 Å². The van der Waals surface area contributed by atoms with Crippen LogP contribution in [0, 0.1) is 11.6 Å². The highest BCUT2D eigenvalue weighted by molar-refractivity contribution is 5.23. The van der Waals surface area contributed by atoms with E-state index in [1.165, 1.54) is 12.1 Å². The average molecular weight is 299 g/mol. The molecule has 1 aliphatic rings. The first-order chi connectivity index (χ1) is 9.82. The van der Waals surface area contributed by atoms with E-state index in [0.29, 0.717) is 13.2 Å². The summed E-state index contributed by atoms with van der Waals surface area (Å²) in [6.07, 6.45) is 0.862. The first-order valence-electron chi connectivity index (χ1n) is 7.23. The van der Waals surface area contributed by atoms with Crippen molar-refractivity contribution in [2.75, 3.05) is 26.8 Å². The second kappa shape index (κ2) is 6.38. The Balaban J connectivity index is 2.10. The number of methoxy groups -OCH3 is 1. The fraction of sp³-hybridized carbons (Fsp3) is 0.625. The summed E-state index contributed by atoms with van der Waals surface area (Å²) in [6, 6.07) is 3.98. The number of nitrogens with zero attached hydrogens (tertiary/aromatic N) is 1. The largest absolute Gasteiger partial charge is 0.389 e. The van der Waals surface area contributed by atoms with Gasteiger partial charge in [0.1, 0.15) is 0 Å². The van der Waals surface area contributed by atoms with Crippen LogP contribution in [0.25, 0.3) is 0 Å². The van der Waals surface area contributed by atoms with E-state index in [0.717, 1.165) is 18.5 Å². The van der Waals surface area contributed by atoms with Crippen LogP contribution in [0.2, 0.25) is 0 Å². The van der Waals surface area contributed by atoms with Crippen molar-refractivity contribution in [2.24, 2.45) is 0 Å². The minimum atomic E-state index is -0.876. The summed E-state index contributed by atoms with van der Waals surface area (Å²) < 4.78 is 31.6. The minimum Gasteiger partial charge on any atom is -0.389 e. The van der Waals surface area contributed by atoms with E-state index in [1.807, 2.05) is 0 Å². The topological polar surface area (TPSA) is 32.7 Å². The molecule has 1 aromatic rings. The van der Waals surface area contributed by atoms with E-state index in [-0.39, 0.29) is 12.0 Å². The maximum absolute atomic E-state index is 13.3. The number of ether oxygens (including phenoxy) is 1. The van der Waals surface area contributed by atoms with Gasteiger partial charge in [-0.2, -0.15) is 0 Å². The number of hydrogen-bond acceptors (Lipinski definition) is 3. The predicted molar refractivity (Wildman–Crippen MR) is 77.3 cm³/mol. The van der Waals surface area contributed by atoms with Gasteiger partial charge in [-0.3, -0.25) is 4.90 Å². The maximum atomic E-state index is 13.3. The number of aliphatic hydroxyl groups is 1. The van der Waals surface area contributed by atoms with Crippen molar-refractivity contribution in [3.05, 3.63) is 35.4 Å². The highest BCUT2D eigenvalue weighted by atomic mass is 19.2. The van der Waals surface area contributed by atoms with E-state index in [1.54, 1.807) is 27.0 Å². The van der Waals surface area contributed by atoms with Crippen molar-refractivity contribution in [1.82, 2.24) is 4.90 Å². The Kier molecular flexibility index (Phi) is 4.96. The zero-order chi connectivity index (χ0) is 15.6. The molecule has 3 nitrogen and oxygen atoms in total. The second-order valence-electron chi connectivity index (χ2n) is 6.28. The summed E-state index contributed by atoms with van der Waals surface area (Å²) in [6.45, 7) is 5.49. The SMILES string of the molecule is COCC(N1CCC(c2ccc(F)c(F)c2)C1)C(C)(C)O. The Morgan fingerprint density at radius 3 is 2.67 bits per heavy atom. The number of hydrogen-bond donors (Lipinski definition) is 1. The van der Waals surface area contributed by atoms with Gasteiger partial charge in [0.15, 0.2) is 11.6 Å². The molecule has 21 heavy (non-hydrogen) atoms. The van der Waals surface area contributed by atoms with Crippen LogP contribution in [0.3, 0.4) is 0 Å². The fourth-order valence-electron chi connectivity index (χ4n) is 3.02. The van der Waals surface area contributed by atoms with Crippen LogP contribution in [0.15, 0.2) is 18.2 Å². The third kappa shape index (κ3) is 3.78. The molecule has 2 unspecified atom stereocenters. The molecule has 1 saturated heterocycles. The predicted octanol–water partition coefficient (Wildman–Crippen LogP) is 2.54. The standard InChI is InChI=1S/C16H23F2NO2/c1-16(2,20)15(10-21-3)19-7-6-12(9-19)11-4-5-13(17)14(18)8-11/h4-5,8,12,15,20H,6-7,9-10H2,1-3H3. The van der Waals surface area contributed by atoms with Crippen LogP contribution in [0.4, 0.5) is 8.78 Å². The quantitative estimate of drug-likeness (QED) is 0.907. The molecule has 0 bridgehead atoms. The molecular formula is C16H23F2NO2. The van der Waals surface area contributed by atoms with Crippen molar-refractivity contribution in [1.29, 1.82) is 0 Å². The van der Waals surface area contributed by atoms with Gasteiger partial charge in [0, 0.05) is 13.7 Å². The highest BCUT2D eigenvalue weighted by Crippen LogP contribution is 2.31. The molecule has 1 heterocycles. The molecule has 0 saturated carbocycles. The van der Waals surface area contributed by atoms with Crippen LogP contribution in [0.1, 0.15) is 31.7 Å². The summed E-state index contributed by atoms with van der Waals surface area (Å²) in [5.74, 6) is -1.47. The van der Waals surface area contributed by atoms with Gasteiger partial charge in [-0.25, -0.2) is 8.78 Å². The maximum Gasteiger partial charge on any atom is 0.159 e. The van der Waals surface area contributed by atoms with Crippen LogP contribution in [-0.4, -0.2) is 48.5 Å². The van der Waals surface area contributed by atoms with Gasteiger partial charge in [-0.05, 0) is 50.4 Å². The molecule has 5 heteroatoms. The first kappa shape index (κ1) is 16.3. The van der Waals surface area contributed by atoms with E-state index in [4.69, 9.17) is 4.74 Å². The zero-order valence-electron chi connectivity index (χ0n) is 12.8. The number of likely N-dealkylation sites (tertiary alicyclic amines) is 1. The fourth-order valence-corrected chi connectivity index (χ4v) is 3.02. The van der Waals surface area contributed by atoms with Crippen molar-refractivity contribution >= 4 is 0 Å². The Morgan fingerprint density at radius 2 is 2.10 bits per heavy atom.